The summed E-state index contributed by atoms with van der Waals surface area (Å²) in [7, 11) is 0.168. The molecule has 0 aliphatic carbocycles. The van der Waals surface area contributed by atoms with Crippen molar-refractivity contribution < 1.29 is 18.0 Å². The van der Waals surface area contributed by atoms with Crippen LogP contribution in [0.4, 0.5) is 0 Å². The van der Waals surface area contributed by atoms with Crippen molar-refractivity contribution in [3.8, 4) is 0 Å². The number of hydrogen-bond acceptors (Lipinski definition) is 4. The third-order valence-electron chi connectivity index (χ3n) is 4.76. The molecule has 1 heterocycles. The molecule has 2 rings (SSSR count). The minimum Gasteiger partial charge on any atom is -0.341 e. The van der Waals surface area contributed by atoms with Crippen molar-refractivity contribution in [2.45, 2.75) is 32.9 Å². The largest absolute Gasteiger partial charge is 0.341 e. The van der Waals surface area contributed by atoms with Gasteiger partial charge in [0.15, 0.2) is 9.84 Å². The van der Waals surface area contributed by atoms with Crippen molar-refractivity contribution in [2.24, 2.45) is 5.41 Å². The SMILES string of the molecule is CN(Cc1ccccc1)C(=O)C(C)(C)C(=O)N(C)C1CCS(=O)(=O)C1. The maximum absolute atomic E-state index is 12.8. The molecular formula is C18H26N2O4S. The highest BCUT2D eigenvalue weighted by molar-refractivity contribution is 7.91. The average molecular weight is 366 g/mol. The van der Waals surface area contributed by atoms with Crippen LogP contribution in [0.25, 0.3) is 0 Å². The average Bonchev–Trinajstić information content (AvgIpc) is 2.93. The molecule has 7 heteroatoms. The van der Waals surface area contributed by atoms with Gasteiger partial charge < -0.3 is 9.80 Å². The predicted octanol–water partition coefficient (Wildman–Crippen LogP) is 1.32. The van der Waals surface area contributed by atoms with Crippen molar-refractivity contribution in [3.05, 3.63) is 35.9 Å². The van der Waals surface area contributed by atoms with Crippen LogP contribution in [-0.4, -0.2) is 61.7 Å². The Labute approximate surface area is 149 Å². The lowest BCUT2D eigenvalue weighted by atomic mass is 9.89. The van der Waals surface area contributed by atoms with Gasteiger partial charge in [0.05, 0.1) is 11.5 Å². The second kappa shape index (κ2) is 7.15. The van der Waals surface area contributed by atoms with Crippen LogP contribution < -0.4 is 0 Å². The summed E-state index contributed by atoms with van der Waals surface area (Å²) >= 11 is 0. The van der Waals surface area contributed by atoms with Crippen LogP contribution in [0, 0.1) is 5.41 Å². The summed E-state index contributed by atoms with van der Waals surface area (Å²) in [5.41, 5.74) is -0.262. The lowest BCUT2D eigenvalue weighted by molar-refractivity contribution is -0.153. The lowest BCUT2D eigenvalue weighted by Gasteiger charge is -2.34. The van der Waals surface area contributed by atoms with E-state index in [-0.39, 0.29) is 29.4 Å². The first-order valence-corrected chi connectivity index (χ1v) is 10.1. The van der Waals surface area contributed by atoms with Crippen LogP contribution in [0.1, 0.15) is 25.8 Å². The van der Waals surface area contributed by atoms with Crippen molar-refractivity contribution >= 4 is 21.7 Å². The molecular weight excluding hydrogens is 340 g/mol. The first-order valence-electron chi connectivity index (χ1n) is 8.32. The molecule has 1 aromatic carbocycles. The minimum atomic E-state index is -3.09. The molecule has 1 aliphatic rings. The highest BCUT2D eigenvalue weighted by Crippen LogP contribution is 2.26. The van der Waals surface area contributed by atoms with Gasteiger partial charge in [-0.15, -0.1) is 0 Å². The quantitative estimate of drug-likeness (QED) is 0.737. The van der Waals surface area contributed by atoms with Gasteiger partial charge >= 0.3 is 0 Å². The van der Waals surface area contributed by atoms with E-state index in [1.807, 2.05) is 30.3 Å². The van der Waals surface area contributed by atoms with E-state index in [9.17, 15) is 18.0 Å². The Balaban J connectivity index is 2.07. The first kappa shape index (κ1) is 19.4. The Morgan fingerprint density at radius 3 is 2.24 bits per heavy atom. The Morgan fingerprint density at radius 2 is 1.72 bits per heavy atom. The Kier molecular flexibility index (Phi) is 5.56. The van der Waals surface area contributed by atoms with Gasteiger partial charge in [0.25, 0.3) is 0 Å². The summed E-state index contributed by atoms with van der Waals surface area (Å²) in [6.45, 7) is 3.61. The smallest absolute Gasteiger partial charge is 0.237 e. The zero-order chi connectivity index (χ0) is 18.8. The minimum absolute atomic E-state index is 0.0284. The molecule has 2 amide bonds. The fraction of sp³-hybridized carbons (Fsp3) is 0.556. The number of carbonyl (C=O) groups excluding carboxylic acids is 2. The van der Waals surface area contributed by atoms with Crippen molar-refractivity contribution in [1.29, 1.82) is 0 Å². The number of hydrogen-bond donors (Lipinski definition) is 0. The van der Waals surface area contributed by atoms with Gasteiger partial charge in [-0.1, -0.05) is 30.3 Å². The summed E-state index contributed by atoms with van der Waals surface area (Å²) < 4.78 is 23.3. The number of amides is 2. The molecule has 1 aromatic rings. The Morgan fingerprint density at radius 1 is 1.12 bits per heavy atom. The summed E-state index contributed by atoms with van der Waals surface area (Å²) in [6.07, 6.45) is 0.425. The summed E-state index contributed by atoms with van der Waals surface area (Å²) in [5.74, 6) is -0.565. The molecule has 0 bridgehead atoms. The molecule has 1 fully saturated rings. The van der Waals surface area contributed by atoms with E-state index >= 15 is 0 Å². The highest BCUT2D eigenvalue weighted by atomic mass is 32.2. The van der Waals surface area contributed by atoms with E-state index in [4.69, 9.17) is 0 Å². The normalized spacial score (nSPS) is 19.4. The van der Waals surface area contributed by atoms with Gasteiger partial charge in [-0.3, -0.25) is 9.59 Å². The van der Waals surface area contributed by atoms with Crippen molar-refractivity contribution in [1.82, 2.24) is 9.80 Å². The fourth-order valence-electron chi connectivity index (χ4n) is 3.19. The molecule has 0 spiro atoms. The second-order valence-corrected chi connectivity index (χ2v) is 9.47. The number of sulfone groups is 1. The molecule has 6 nitrogen and oxygen atoms in total. The molecule has 1 unspecified atom stereocenters. The van der Waals surface area contributed by atoms with Crippen LogP contribution in [-0.2, 0) is 26.0 Å². The molecule has 1 aliphatic heterocycles. The summed E-state index contributed by atoms with van der Waals surface area (Å²) in [5, 5.41) is 0. The number of benzene rings is 1. The van der Waals surface area contributed by atoms with Gasteiger partial charge in [-0.2, -0.15) is 0 Å². The molecule has 0 saturated carbocycles. The van der Waals surface area contributed by atoms with Crippen LogP contribution in [0.3, 0.4) is 0 Å². The summed E-state index contributed by atoms with van der Waals surface area (Å²) in [4.78, 5) is 28.6. The number of rotatable bonds is 5. The number of carbonyl (C=O) groups is 2. The van der Waals surface area contributed by atoms with Gasteiger partial charge in [0, 0.05) is 26.7 Å². The van der Waals surface area contributed by atoms with E-state index in [0.29, 0.717) is 13.0 Å². The van der Waals surface area contributed by atoms with E-state index in [0.717, 1.165) is 5.56 Å². The maximum atomic E-state index is 12.8. The highest BCUT2D eigenvalue weighted by Gasteiger charge is 2.43. The molecule has 1 saturated heterocycles. The van der Waals surface area contributed by atoms with Crippen molar-refractivity contribution in [3.63, 3.8) is 0 Å². The molecule has 0 radical (unpaired) electrons. The van der Waals surface area contributed by atoms with Crippen LogP contribution >= 0.6 is 0 Å². The number of nitrogens with zero attached hydrogens (tertiary/aromatic N) is 2. The zero-order valence-electron chi connectivity index (χ0n) is 15.2. The van der Waals surface area contributed by atoms with E-state index < -0.39 is 15.3 Å². The van der Waals surface area contributed by atoms with Gasteiger partial charge in [-0.25, -0.2) is 8.42 Å². The van der Waals surface area contributed by atoms with Crippen LogP contribution in [0.2, 0.25) is 0 Å². The fourth-order valence-corrected chi connectivity index (χ4v) is 4.96. The van der Waals surface area contributed by atoms with Crippen molar-refractivity contribution in [2.75, 3.05) is 25.6 Å². The molecule has 138 valence electrons. The third-order valence-corrected chi connectivity index (χ3v) is 6.51. The van der Waals surface area contributed by atoms with Gasteiger partial charge in [-0.05, 0) is 25.8 Å². The molecule has 1 atom stereocenters. The first-order chi connectivity index (χ1) is 11.5. The standard InChI is InChI=1S/C18H26N2O4S/c1-18(2,16(21)19(3)12-14-8-6-5-7-9-14)17(22)20(4)15-10-11-25(23,24)13-15/h5-9,15H,10-13H2,1-4H3. The topological polar surface area (TPSA) is 74.8 Å². The van der Waals surface area contributed by atoms with E-state index in [2.05, 4.69) is 0 Å². The van der Waals surface area contributed by atoms with Crippen LogP contribution in [0.15, 0.2) is 30.3 Å². The van der Waals surface area contributed by atoms with Gasteiger partial charge in [0.2, 0.25) is 11.8 Å². The lowest BCUT2D eigenvalue weighted by Crippen LogP contribution is -2.51. The van der Waals surface area contributed by atoms with E-state index in [1.54, 1.807) is 27.9 Å². The van der Waals surface area contributed by atoms with Crippen LogP contribution in [0.5, 0.6) is 0 Å². The zero-order valence-corrected chi connectivity index (χ0v) is 16.0. The van der Waals surface area contributed by atoms with E-state index in [1.165, 1.54) is 9.80 Å². The predicted molar refractivity (Wildman–Crippen MR) is 96.5 cm³/mol. The monoisotopic (exact) mass is 366 g/mol. The maximum Gasteiger partial charge on any atom is 0.237 e. The Hall–Kier alpha value is -1.89. The molecule has 0 N–H and O–H groups in total. The Bertz CT molecular complexity index is 744. The second-order valence-electron chi connectivity index (χ2n) is 7.24. The molecule has 0 aromatic heterocycles. The third kappa shape index (κ3) is 4.39. The molecule has 25 heavy (non-hydrogen) atoms. The summed E-state index contributed by atoms with van der Waals surface area (Å²) in [6, 6.07) is 9.20. The van der Waals surface area contributed by atoms with Gasteiger partial charge in [0.1, 0.15) is 5.41 Å².